The van der Waals surface area contributed by atoms with Crippen molar-refractivity contribution in [3.8, 4) is 0 Å². The van der Waals surface area contributed by atoms with Gasteiger partial charge in [0.1, 0.15) is 11.8 Å². The molecule has 0 bridgehead atoms. The summed E-state index contributed by atoms with van der Waals surface area (Å²) in [5, 5.41) is 18.1. The molecule has 1 spiro atoms. The Kier molecular flexibility index (Phi) is 7.46. The van der Waals surface area contributed by atoms with Crippen LogP contribution < -0.4 is 0 Å². The number of aryl methyl sites for hydroxylation is 1. The average molecular weight is 366 g/mol. The van der Waals surface area contributed by atoms with E-state index in [1.807, 2.05) is 10.9 Å². The normalized spacial score (nSPS) is 29.3. The molecule has 2 aliphatic heterocycles. The summed E-state index contributed by atoms with van der Waals surface area (Å²) in [4.78, 5) is 0. The molecule has 0 amide bonds. The van der Waals surface area contributed by atoms with Crippen LogP contribution in [-0.4, -0.2) is 38.6 Å². The van der Waals surface area contributed by atoms with E-state index in [0.29, 0.717) is 0 Å². The van der Waals surface area contributed by atoms with Gasteiger partial charge in [-0.1, -0.05) is 44.2 Å². The molecule has 3 heterocycles. The Bertz CT molecular complexity index is 532. The fourth-order valence-electron chi connectivity index (χ4n) is 4.19. The van der Waals surface area contributed by atoms with Crippen molar-refractivity contribution in [1.29, 1.82) is 0 Å². The maximum Gasteiger partial charge on any atom is 0.169 e. The lowest BCUT2D eigenvalue weighted by Gasteiger charge is -2.45. The van der Waals surface area contributed by atoms with E-state index in [1.165, 1.54) is 32.1 Å². The van der Waals surface area contributed by atoms with Crippen molar-refractivity contribution < 1.29 is 14.6 Å². The Balaban J connectivity index is 1.49. The van der Waals surface area contributed by atoms with Crippen molar-refractivity contribution in [3.05, 3.63) is 11.9 Å². The molecule has 1 N–H and O–H groups in total. The molecular weight excluding hydrogens is 330 g/mol. The molecule has 0 aromatic carbocycles. The fraction of sp³-hybridized carbons (Fsp3) is 0.900. The van der Waals surface area contributed by atoms with Gasteiger partial charge in [0.05, 0.1) is 18.9 Å². The van der Waals surface area contributed by atoms with E-state index in [2.05, 4.69) is 17.2 Å². The number of aliphatic hydroxyl groups excluding tert-OH is 1. The summed E-state index contributed by atoms with van der Waals surface area (Å²) in [6, 6.07) is 0. The zero-order valence-corrected chi connectivity index (χ0v) is 16.2. The van der Waals surface area contributed by atoms with Gasteiger partial charge in [0.15, 0.2) is 5.79 Å². The van der Waals surface area contributed by atoms with E-state index in [9.17, 15) is 5.11 Å². The van der Waals surface area contributed by atoms with Gasteiger partial charge >= 0.3 is 0 Å². The summed E-state index contributed by atoms with van der Waals surface area (Å²) in [6.07, 6.45) is 15.4. The van der Waals surface area contributed by atoms with Crippen molar-refractivity contribution in [3.63, 3.8) is 0 Å². The highest BCUT2D eigenvalue weighted by Gasteiger charge is 2.43. The Morgan fingerprint density at radius 1 is 1.12 bits per heavy atom. The zero-order valence-electron chi connectivity index (χ0n) is 16.2. The average Bonchev–Trinajstić information content (AvgIpc) is 3.14. The van der Waals surface area contributed by atoms with Crippen molar-refractivity contribution in [2.75, 3.05) is 6.61 Å². The van der Waals surface area contributed by atoms with Gasteiger partial charge < -0.3 is 14.6 Å². The minimum atomic E-state index is -0.530. The maximum absolute atomic E-state index is 9.44. The molecule has 1 aromatic rings. The van der Waals surface area contributed by atoms with Crippen molar-refractivity contribution in [2.45, 2.75) is 109 Å². The Morgan fingerprint density at radius 2 is 1.88 bits per heavy atom. The van der Waals surface area contributed by atoms with Crippen LogP contribution in [0.3, 0.4) is 0 Å². The molecule has 1 aromatic heterocycles. The molecule has 0 radical (unpaired) electrons. The largest absolute Gasteiger partial charge is 0.394 e. The standard InChI is InChI=1S/C20H35N3O3/c1-2-3-4-5-6-7-14-23-15-18(21-22-23)19-11-9-13-20(26-19)12-8-10-17(16-24)25-20/h15,17,19,24H,2-14,16H2,1H3/t17-,19-,20-/m0/s1. The van der Waals surface area contributed by atoms with E-state index in [0.717, 1.165) is 57.2 Å². The first-order valence-electron chi connectivity index (χ1n) is 10.6. The lowest BCUT2D eigenvalue weighted by Crippen LogP contribution is -2.47. The highest BCUT2D eigenvalue weighted by Crippen LogP contribution is 2.43. The molecule has 0 aliphatic carbocycles. The molecule has 2 saturated heterocycles. The Morgan fingerprint density at radius 3 is 2.69 bits per heavy atom. The number of unbranched alkanes of at least 4 members (excludes halogenated alkanes) is 5. The van der Waals surface area contributed by atoms with Crippen molar-refractivity contribution >= 4 is 0 Å². The molecule has 2 aliphatic rings. The lowest BCUT2D eigenvalue weighted by molar-refractivity contribution is -0.320. The van der Waals surface area contributed by atoms with Crippen LogP contribution in [0.15, 0.2) is 6.20 Å². The van der Waals surface area contributed by atoms with Gasteiger partial charge in [0, 0.05) is 19.4 Å². The second-order valence-electron chi connectivity index (χ2n) is 7.90. The third-order valence-corrected chi connectivity index (χ3v) is 5.68. The number of aliphatic hydroxyl groups is 1. The van der Waals surface area contributed by atoms with E-state index in [-0.39, 0.29) is 18.8 Å². The number of hydrogen-bond acceptors (Lipinski definition) is 5. The van der Waals surface area contributed by atoms with Gasteiger partial charge in [-0.25, -0.2) is 0 Å². The third kappa shape index (κ3) is 5.27. The summed E-state index contributed by atoms with van der Waals surface area (Å²) in [5.74, 6) is -0.530. The smallest absolute Gasteiger partial charge is 0.169 e. The van der Waals surface area contributed by atoms with Gasteiger partial charge in [-0.2, -0.15) is 0 Å². The molecule has 2 fully saturated rings. The molecule has 3 rings (SSSR count). The van der Waals surface area contributed by atoms with Crippen LogP contribution in [0, 0.1) is 0 Å². The van der Waals surface area contributed by atoms with Crippen LogP contribution in [0.1, 0.15) is 95.8 Å². The Hall–Kier alpha value is -0.980. The predicted octanol–water partition coefficient (Wildman–Crippen LogP) is 4.14. The minimum absolute atomic E-state index is 0.0421. The topological polar surface area (TPSA) is 69.4 Å². The maximum atomic E-state index is 9.44. The number of ether oxygens (including phenoxy) is 2. The Labute approximate surface area is 157 Å². The number of rotatable bonds is 9. The van der Waals surface area contributed by atoms with Crippen LogP contribution in [-0.2, 0) is 16.0 Å². The fourth-order valence-corrected chi connectivity index (χ4v) is 4.19. The van der Waals surface area contributed by atoms with Crippen molar-refractivity contribution in [2.24, 2.45) is 0 Å². The number of nitrogens with zero attached hydrogens (tertiary/aromatic N) is 3. The molecular formula is C20H35N3O3. The van der Waals surface area contributed by atoms with Gasteiger partial charge in [-0.3, -0.25) is 4.68 Å². The van der Waals surface area contributed by atoms with E-state index in [1.54, 1.807) is 0 Å². The summed E-state index contributed by atoms with van der Waals surface area (Å²) < 4.78 is 14.4. The number of hydrogen-bond donors (Lipinski definition) is 1. The van der Waals surface area contributed by atoms with E-state index < -0.39 is 5.79 Å². The van der Waals surface area contributed by atoms with Crippen LogP contribution in [0.4, 0.5) is 0 Å². The zero-order chi connectivity index (χ0) is 18.2. The monoisotopic (exact) mass is 365 g/mol. The lowest BCUT2D eigenvalue weighted by atomic mass is 9.92. The summed E-state index contributed by atoms with van der Waals surface area (Å²) in [7, 11) is 0. The second-order valence-corrected chi connectivity index (χ2v) is 7.90. The summed E-state index contributed by atoms with van der Waals surface area (Å²) in [5.41, 5.74) is 0.921. The van der Waals surface area contributed by atoms with Crippen molar-refractivity contribution in [1.82, 2.24) is 15.0 Å². The summed E-state index contributed by atoms with van der Waals surface area (Å²) in [6.45, 7) is 3.25. The third-order valence-electron chi connectivity index (χ3n) is 5.68. The molecule has 6 nitrogen and oxygen atoms in total. The van der Waals surface area contributed by atoms with Crippen LogP contribution in [0.25, 0.3) is 0 Å². The molecule has 148 valence electrons. The number of aromatic nitrogens is 3. The van der Waals surface area contributed by atoms with E-state index in [4.69, 9.17) is 9.47 Å². The van der Waals surface area contributed by atoms with Gasteiger partial charge in [0.25, 0.3) is 0 Å². The highest BCUT2D eigenvalue weighted by molar-refractivity contribution is 5.01. The van der Waals surface area contributed by atoms with Crippen LogP contribution in [0.5, 0.6) is 0 Å². The molecule has 0 saturated carbocycles. The molecule has 3 atom stereocenters. The van der Waals surface area contributed by atoms with Crippen LogP contribution >= 0.6 is 0 Å². The second kappa shape index (κ2) is 9.81. The van der Waals surface area contributed by atoms with Gasteiger partial charge in [-0.15, -0.1) is 5.10 Å². The highest BCUT2D eigenvalue weighted by atomic mass is 16.7. The first kappa shape index (κ1) is 19.8. The SMILES string of the molecule is CCCCCCCCn1cc([C@@H]2CCC[C@]3(CCC[C@@H](CO)O3)O2)nn1. The molecule has 0 unspecified atom stereocenters. The van der Waals surface area contributed by atoms with E-state index >= 15 is 0 Å². The first-order valence-corrected chi connectivity index (χ1v) is 10.6. The first-order chi connectivity index (χ1) is 12.7. The van der Waals surface area contributed by atoms with Gasteiger partial charge in [0.2, 0.25) is 0 Å². The quantitative estimate of drug-likeness (QED) is 0.666. The predicted molar refractivity (Wildman–Crippen MR) is 99.6 cm³/mol. The summed E-state index contributed by atoms with van der Waals surface area (Å²) >= 11 is 0. The molecule has 6 heteroatoms. The molecule has 26 heavy (non-hydrogen) atoms. The van der Waals surface area contributed by atoms with Crippen LogP contribution in [0.2, 0.25) is 0 Å². The van der Waals surface area contributed by atoms with Gasteiger partial charge in [-0.05, 0) is 32.1 Å². The minimum Gasteiger partial charge on any atom is -0.394 e.